The van der Waals surface area contributed by atoms with Gasteiger partial charge >= 0.3 is 6.36 Å². The Kier molecular flexibility index (Phi) is 8.98. The van der Waals surface area contributed by atoms with E-state index >= 15 is 0 Å². The Balaban J connectivity index is 1.04. The second kappa shape index (κ2) is 12.7. The minimum absolute atomic E-state index is 0.0124. The van der Waals surface area contributed by atoms with E-state index in [9.17, 15) is 17.6 Å². The third-order valence-corrected chi connectivity index (χ3v) is 10.1. The largest absolute Gasteiger partial charge is 0.573 e. The summed E-state index contributed by atoms with van der Waals surface area (Å²) >= 11 is 0. The van der Waals surface area contributed by atoms with Gasteiger partial charge in [0.15, 0.2) is 11.6 Å². The quantitative estimate of drug-likeness (QED) is 0.210. The highest BCUT2D eigenvalue weighted by Gasteiger charge is 2.55. The molecule has 0 radical (unpaired) electrons. The van der Waals surface area contributed by atoms with Crippen LogP contribution < -0.4 is 26.0 Å². The molecule has 0 spiro atoms. The summed E-state index contributed by atoms with van der Waals surface area (Å²) in [5, 5.41) is 22.8. The summed E-state index contributed by atoms with van der Waals surface area (Å²) in [6.07, 6.45) is 6.81. The van der Waals surface area contributed by atoms with Crippen molar-refractivity contribution in [1.29, 1.82) is 0 Å². The molecule has 1 aromatic heterocycles. The minimum atomic E-state index is -4.80. The fourth-order valence-corrected chi connectivity index (χ4v) is 8.58. The van der Waals surface area contributed by atoms with Gasteiger partial charge in [-0.2, -0.15) is 4.98 Å². The fourth-order valence-electron chi connectivity index (χ4n) is 8.58. The zero-order valence-electron chi connectivity index (χ0n) is 24.3. The monoisotopic (exact) mass is 606 g/mol. The molecule has 12 heteroatoms. The Labute approximate surface area is 249 Å². The van der Waals surface area contributed by atoms with Crippen molar-refractivity contribution in [2.75, 3.05) is 30.3 Å². The van der Waals surface area contributed by atoms with Gasteiger partial charge in [0, 0.05) is 43.3 Å². The third kappa shape index (κ3) is 7.34. The van der Waals surface area contributed by atoms with Crippen molar-refractivity contribution in [3.05, 3.63) is 41.8 Å². The molecule has 236 valence electrons. The number of aliphatic hydroxyl groups excluding tert-OH is 1. The maximum Gasteiger partial charge on any atom is 0.573 e. The van der Waals surface area contributed by atoms with E-state index in [0.29, 0.717) is 49.0 Å². The standard InChI is InChI=1S/C31H42F4N6O2/c32-25-17-38-29(37-16-20-3-1-2-4-26(20)43-31(33,34)35)41-28(25)39-18-30-13-19-11-21(14-30)27(22(12-19)15-30)40-24-7-5-23(6-8-24)36-9-10-42/h1-4,17,19,21-24,27,36,40,42H,5-16,18H2,(H2,37,38,39,41)/t19?,21-,22+,23?,24?,27?,30?. The molecular formula is C31H42F4N6O2. The average molecular weight is 607 g/mol. The number of aliphatic hydroxyl groups is 1. The number of alkyl halides is 3. The van der Waals surface area contributed by atoms with Crippen molar-refractivity contribution in [3.63, 3.8) is 0 Å². The molecule has 1 aromatic carbocycles. The van der Waals surface area contributed by atoms with E-state index in [1.165, 1.54) is 43.9 Å². The van der Waals surface area contributed by atoms with Crippen molar-refractivity contribution >= 4 is 11.8 Å². The molecule has 2 aromatic rings. The lowest BCUT2D eigenvalue weighted by molar-refractivity contribution is -0.274. The highest BCUT2D eigenvalue weighted by atomic mass is 19.4. The number of nitrogens with one attached hydrogen (secondary N) is 4. The number of hydrogen-bond acceptors (Lipinski definition) is 8. The van der Waals surface area contributed by atoms with E-state index in [1.54, 1.807) is 6.07 Å². The van der Waals surface area contributed by atoms with E-state index < -0.39 is 12.2 Å². The van der Waals surface area contributed by atoms with Crippen molar-refractivity contribution in [2.45, 2.75) is 88.8 Å². The molecule has 0 saturated heterocycles. The SMILES string of the molecule is OCCNC1CCC(NC2[C@@H]3CC4C[C@H]2CC(CNc2nc(NCc5ccccc5OC(F)(F)F)ncc2F)(C4)C3)CC1. The molecule has 0 amide bonds. The highest BCUT2D eigenvalue weighted by molar-refractivity contribution is 5.43. The van der Waals surface area contributed by atoms with Gasteiger partial charge in [0.25, 0.3) is 0 Å². The van der Waals surface area contributed by atoms with Gasteiger partial charge in [-0.1, -0.05) is 18.2 Å². The molecule has 3 unspecified atom stereocenters. The number of nitrogens with zero attached hydrogens (tertiary/aromatic N) is 2. The molecule has 5 atom stereocenters. The molecule has 0 aliphatic heterocycles. The van der Waals surface area contributed by atoms with Crippen molar-refractivity contribution in [2.24, 2.45) is 23.2 Å². The number of aromatic nitrogens is 2. The topological polar surface area (TPSA) is 103 Å². The van der Waals surface area contributed by atoms with Gasteiger partial charge in [0.1, 0.15) is 5.75 Å². The summed E-state index contributed by atoms with van der Waals surface area (Å²) in [6.45, 7) is 1.48. The molecule has 7 rings (SSSR count). The van der Waals surface area contributed by atoms with Crippen molar-refractivity contribution in [1.82, 2.24) is 20.6 Å². The molecule has 5 saturated carbocycles. The molecule has 8 nitrogen and oxygen atoms in total. The summed E-state index contributed by atoms with van der Waals surface area (Å²) in [5.74, 6) is 1.34. The first kappa shape index (κ1) is 30.3. The van der Waals surface area contributed by atoms with Gasteiger partial charge < -0.3 is 31.1 Å². The summed E-state index contributed by atoms with van der Waals surface area (Å²) in [7, 11) is 0. The Hall–Kier alpha value is -2.70. The Morgan fingerprint density at radius 1 is 0.977 bits per heavy atom. The van der Waals surface area contributed by atoms with Crippen LogP contribution in [0.25, 0.3) is 0 Å². The van der Waals surface area contributed by atoms with Crippen LogP contribution in [0.2, 0.25) is 0 Å². The molecule has 1 heterocycles. The molecule has 5 N–H and O–H groups in total. The van der Waals surface area contributed by atoms with E-state index in [1.807, 2.05) is 0 Å². The summed E-state index contributed by atoms with van der Waals surface area (Å²) in [5.41, 5.74) is 0.393. The van der Waals surface area contributed by atoms with Crippen LogP contribution in [0.15, 0.2) is 30.5 Å². The number of hydrogen-bond donors (Lipinski definition) is 5. The first-order valence-corrected chi connectivity index (χ1v) is 15.6. The van der Waals surface area contributed by atoms with E-state index in [-0.39, 0.29) is 41.6 Å². The number of rotatable bonds is 12. The van der Waals surface area contributed by atoms with E-state index in [4.69, 9.17) is 5.11 Å². The van der Waals surface area contributed by atoms with E-state index in [0.717, 1.165) is 38.3 Å². The predicted octanol–water partition coefficient (Wildman–Crippen LogP) is 5.22. The zero-order valence-corrected chi connectivity index (χ0v) is 24.3. The predicted molar refractivity (Wildman–Crippen MR) is 155 cm³/mol. The smallest absolute Gasteiger partial charge is 0.405 e. The lowest BCUT2D eigenvalue weighted by atomic mass is 9.47. The van der Waals surface area contributed by atoms with Crippen LogP contribution in [0.3, 0.4) is 0 Å². The molecule has 43 heavy (non-hydrogen) atoms. The number of para-hydroxylation sites is 1. The van der Waals surface area contributed by atoms with Crippen LogP contribution in [0.4, 0.5) is 29.3 Å². The van der Waals surface area contributed by atoms with Crippen LogP contribution in [0.1, 0.15) is 63.4 Å². The van der Waals surface area contributed by atoms with Gasteiger partial charge in [0.05, 0.1) is 12.8 Å². The van der Waals surface area contributed by atoms with Crippen LogP contribution in [0, 0.1) is 29.0 Å². The molecule has 4 bridgehead atoms. The van der Waals surface area contributed by atoms with Crippen LogP contribution in [-0.4, -0.2) is 59.3 Å². The van der Waals surface area contributed by atoms with Gasteiger partial charge in [-0.25, -0.2) is 9.37 Å². The van der Waals surface area contributed by atoms with Crippen LogP contribution >= 0.6 is 0 Å². The van der Waals surface area contributed by atoms with Crippen LogP contribution in [0.5, 0.6) is 5.75 Å². The van der Waals surface area contributed by atoms with Crippen molar-refractivity contribution in [3.8, 4) is 5.75 Å². The number of halogens is 4. The molecule has 5 aliphatic carbocycles. The Morgan fingerprint density at radius 2 is 1.70 bits per heavy atom. The van der Waals surface area contributed by atoms with Crippen LogP contribution in [-0.2, 0) is 6.54 Å². The second-order valence-corrected chi connectivity index (χ2v) is 13.1. The van der Waals surface area contributed by atoms with Gasteiger partial charge in [-0.05, 0) is 87.0 Å². The second-order valence-electron chi connectivity index (χ2n) is 13.1. The lowest BCUT2D eigenvalue weighted by Crippen LogP contribution is -2.61. The molecular weight excluding hydrogens is 564 g/mol. The minimum Gasteiger partial charge on any atom is -0.405 e. The first-order chi connectivity index (χ1) is 20.7. The average Bonchev–Trinajstić information content (AvgIpc) is 2.97. The van der Waals surface area contributed by atoms with E-state index in [2.05, 4.69) is 36.0 Å². The van der Waals surface area contributed by atoms with Gasteiger partial charge in [-0.15, -0.1) is 13.2 Å². The lowest BCUT2D eigenvalue weighted by Gasteiger charge is -2.61. The molecule has 5 fully saturated rings. The summed E-state index contributed by atoms with van der Waals surface area (Å²) < 4.78 is 57.2. The first-order valence-electron chi connectivity index (χ1n) is 15.6. The normalized spacial score (nSPS) is 31.7. The maximum atomic E-state index is 14.8. The number of ether oxygens (including phenoxy) is 1. The molecule has 5 aliphatic rings. The maximum absolute atomic E-state index is 14.8. The third-order valence-electron chi connectivity index (χ3n) is 10.1. The zero-order chi connectivity index (χ0) is 30.0. The van der Waals surface area contributed by atoms with Gasteiger partial charge in [-0.3, -0.25) is 0 Å². The Bertz CT molecular complexity index is 1220. The summed E-state index contributed by atoms with van der Waals surface area (Å²) in [4.78, 5) is 8.32. The summed E-state index contributed by atoms with van der Waals surface area (Å²) in [6, 6.07) is 7.46. The van der Waals surface area contributed by atoms with Gasteiger partial charge in [0.2, 0.25) is 5.95 Å². The van der Waals surface area contributed by atoms with Crippen molar-refractivity contribution < 1.29 is 27.4 Å². The number of anilines is 2. The Morgan fingerprint density at radius 3 is 2.42 bits per heavy atom. The number of benzene rings is 1. The fraction of sp³-hybridized carbons (Fsp3) is 0.677. The highest BCUT2D eigenvalue weighted by Crippen LogP contribution is 2.60.